The molecule has 1 heterocycles. The zero-order valence-electron chi connectivity index (χ0n) is 8.60. The Balaban J connectivity index is 2.12. The van der Waals surface area contributed by atoms with Crippen LogP contribution in [-0.4, -0.2) is 22.1 Å². The summed E-state index contributed by atoms with van der Waals surface area (Å²) in [6, 6.07) is 1.36. The van der Waals surface area contributed by atoms with Crippen molar-refractivity contribution in [3.63, 3.8) is 0 Å². The van der Waals surface area contributed by atoms with Gasteiger partial charge in [-0.05, 0) is 37.3 Å². The molecule has 1 atom stereocenters. The van der Waals surface area contributed by atoms with E-state index in [0.717, 1.165) is 24.1 Å². The van der Waals surface area contributed by atoms with Gasteiger partial charge in [0.2, 0.25) is 0 Å². The van der Waals surface area contributed by atoms with Crippen LogP contribution < -0.4 is 5.32 Å². The average Bonchev–Trinajstić information content (AvgIpc) is 2.99. The van der Waals surface area contributed by atoms with Gasteiger partial charge in [0.05, 0.1) is 0 Å². The number of carbonyl (C=O) groups is 1. The van der Waals surface area contributed by atoms with Crippen molar-refractivity contribution in [3.8, 4) is 0 Å². The van der Waals surface area contributed by atoms with Gasteiger partial charge in [-0.1, -0.05) is 0 Å². The summed E-state index contributed by atoms with van der Waals surface area (Å²) in [6.45, 7) is 1.92. The zero-order chi connectivity index (χ0) is 10.8. The van der Waals surface area contributed by atoms with Gasteiger partial charge in [-0.15, -0.1) is 0 Å². The lowest BCUT2D eigenvalue weighted by Crippen LogP contribution is -2.31. The predicted octanol–water partition coefficient (Wildman–Crippen LogP) is 1.67. The summed E-state index contributed by atoms with van der Waals surface area (Å²) in [6.07, 6.45) is 5.41. The fourth-order valence-corrected chi connectivity index (χ4v) is 1.61. The summed E-state index contributed by atoms with van der Waals surface area (Å²) in [7, 11) is 0. The molecule has 0 bridgehead atoms. The first-order valence-electron chi connectivity index (χ1n) is 5.08. The van der Waals surface area contributed by atoms with E-state index in [-0.39, 0.29) is 5.92 Å². The lowest BCUT2D eigenvalue weighted by atomic mass is 10.1. The van der Waals surface area contributed by atoms with Crippen molar-refractivity contribution in [2.75, 3.05) is 5.32 Å². The quantitative estimate of drug-likeness (QED) is 0.786. The molecule has 0 radical (unpaired) electrons. The van der Waals surface area contributed by atoms with Gasteiger partial charge in [-0.2, -0.15) is 0 Å². The molecule has 0 amide bonds. The van der Waals surface area contributed by atoms with Crippen LogP contribution in [0.4, 0.5) is 5.69 Å². The van der Waals surface area contributed by atoms with Gasteiger partial charge in [0.1, 0.15) is 6.04 Å². The number of hydrogen-bond acceptors (Lipinski definition) is 3. The molecule has 1 saturated carbocycles. The van der Waals surface area contributed by atoms with Crippen molar-refractivity contribution in [1.29, 1.82) is 0 Å². The summed E-state index contributed by atoms with van der Waals surface area (Å²) in [5.41, 5.74) is 1.84. The maximum Gasteiger partial charge on any atom is 0.326 e. The third-order valence-electron chi connectivity index (χ3n) is 2.69. The summed E-state index contributed by atoms with van der Waals surface area (Å²) < 4.78 is 0. The fourth-order valence-electron chi connectivity index (χ4n) is 1.61. The van der Waals surface area contributed by atoms with Crippen LogP contribution in [-0.2, 0) is 4.79 Å². The van der Waals surface area contributed by atoms with E-state index in [2.05, 4.69) is 10.3 Å². The average molecular weight is 206 g/mol. The van der Waals surface area contributed by atoms with Crippen LogP contribution in [0.25, 0.3) is 0 Å². The number of aryl methyl sites for hydroxylation is 1. The number of hydrogen-bond donors (Lipinski definition) is 2. The van der Waals surface area contributed by atoms with Crippen LogP contribution in [0.3, 0.4) is 0 Å². The van der Waals surface area contributed by atoms with Gasteiger partial charge in [0.25, 0.3) is 0 Å². The number of pyridine rings is 1. The van der Waals surface area contributed by atoms with Gasteiger partial charge in [-0.25, -0.2) is 4.79 Å². The van der Waals surface area contributed by atoms with E-state index in [1.807, 2.05) is 13.0 Å². The number of aromatic nitrogens is 1. The maximum absolute atomic E-state index is 11.0. The molecule has 1 aliphatic carbocycles. The van der Waals surface area contributed by atoms with E-state index in [1.165, 1.54) is 0 Å². The molecule has 2 rings (SSSR count). The Labute approximate surface area is 88.3 Å². The Hall–Kier alpha value is -1.58. The van der Waals surface area contributed by atoms with E-state index in [4.69, 9.17) is 5.11 Å². The normalized spacial score (nSPS) is 17.1. The van der Waals surface area contributed by atoms with Crippen molar-refractivity contribution >= 4 is 11.7 Å². The van der Waals surface area contributed by atoms with E-state index in [1.54, 1.807) is 12.4 Å². The van der Waals surface area contributed by atoms with Crippen LogP contribution in [0.1, 0.15) is 18.4 Å². The monoisotopic (exact) mass is 206 g/mol. The summed E-state index contributed by atoms with van der Waals surface area (Å²) in [4.78, 5) is 15.0. The molecule has 4 heteroatoms. The number of aliphatic carboxylic acids is 1. The molecule has 0 aliphatic heterocycles. The van der Waals surface area contributed by atoms with Crippen LogP contribution in [0, 0.1) is 12.8 Å². The molecule has 15 heavy (non-hydrogen) atoms. The molecule has 1 unspecified atom stereocenters. The van der Waals surface area contributed by atoms with Crippen molar-refractivity contribution in [3.05, 3.63) is 24.0 Å². The van der Waals surface area contributed by atoms with Crippen LogP contribution in [0.15, 0.2) is 18.5 Å². The molecule has 1 aromatic heterocycles. The topological polar surface area (TPSA) is 62.2 Å². The molecule has 1 fully saturated rings. The van der Waals surface area contributed by atoms with Crippen LogP contribution in [0.5, 0.6) is 0 Å². The minimum Gasteiger partial charge on any atom is -0.480 e. The number of nitrogens with zero attached hydrogens (tertiary/aromatic N) is 1. The summed E-state index contributed by atoms with van der Waals surface area (Å²) in [5, 5.41) is 12.1. The third kappa shape index (κ3) is 2.26. The van der Waals surface area contributed by atoms with Gasteiger partial charge < -0.3 is 10.4 Å². The van der Waals surface area contributed by atoms with Crippen molar-refractivity contribution < 1.29 is 9.90 Å². The SMILES string of the molecule is Cc1cnccc1NC(C(=O)O)C1CC1. The Morgan fingerprint density at radius 3 is 2.93 bits per heavy atom. The van der Waals surface area contributed by atoms with Crippen molar-refractivity contribution in [1.82, 2.24) is 4.98 Å². The Bertz CT molecular complexity index is 375. The standard InChI is InChI=1S/C11H14N2O2/c1-7-6-12-5-4-9(7)13-10(11(14)15)8-2-3-8/h4-6,8,10H,2-3H2,1H3,(H,12,13)(H,14,15). The molecule has 0 spiro atoms. The highest BCUT2D eigenvalue weighted by Gasteiger charge is 2.36. The van der Waals surface area contributed by atoms with Gasteiger partial charge >= 0.3 is 5.97 Å². The fraction of sp³-hybridized carbons (Fsp3) is 0.455. The molecule has 2 N–H and O–H groups in total. The van der Waals surface area contributed by atoms with Crippen molar-refractivity contribution in [2.24, 2.45) is 5.92 Å². The molecule has 1 aliphatic rings. The van der Waals surface area contributed by atoms with E-state index >= 15 is 0 Å². The van der Waals surface area contributed by atoms with Gasteiger partial charge in [0, 0.05) is 18.1 Å². The summed E-state index contributed by atoms with van der Waals surface area (Å²) >= 11 is 0. The minimum atomic E-state index is -0.770. The Kier molecular flexibility index (Phi) is 2.58. The summed E-state index contributed by atoms with van der Waals surface area (Å²) in [5.74, 6) is -0.483. The lowest BCUT2D eigenvalue weighted by molar-refractivity contribution is -0.138. The first kappa shape index (κ1) is 9.96. The predicted molar refractivity (Wildman–Crippen MR) is 56.7 cm³/mol. The molecular formula is C11H14N2O2. The highest BCUT2D eigenvalue weighted by Crippen LogP contribution is 2.34. The third-order valence-corrected chi connectivity index (χ3v) is 2.69. The molecule has 0 aromatic carbocycles. The maximum atomic E-state index is 11.0. The number of nitrogens with one attached hydrogen (secondary N) is 1. The Morgan fingerprint density at radius 1 is 1.67 bits per heavy atom. The minimum absolute atomic E-state index is 0.287. The number of carboxylic acids is 1. The molecule has 4 nitrogen and oxygen atoms in total. The van der Waals surface area contributed by atoms with E-state index in [9.17, 15) is 4.79 Å². The molecular weight excluding hydrogens is 192 g/mol. The molecule has 0 saturated heterocycles. The first-order chi connectivity index (χ1) is 7.18. The van der Waals surface area contributed by atoms with Crippen molar-refractivity contribution in [2.45, 2.75) is 25.8 Å². The Morgan fingerprint density at radius 2 is 2.40 bits per heavy atom. The van der Waals surface area contributed by atoms with Crippen LogP contribution in [0.2, 0.25) is 0 Å². The highest BCUT2D eigenvalue weighted by atomic mass is 16.4. The van der Waals surface area contributed by atoms with E-state index in [0.29, 0.717) is 0 Å². The lowest BCUT2D eigenvalue weighted by Gasteiger charge is -2.16. The second-order valence-corrected chi connectivity index (χ2v) is 3.99. The second-order valence-electron chi connectivity index (χ2n) is 3.99. The first-order valence-corrected chi connectivity index (χ1v) is 5.08. The van der Waals surface area contributed by atoms with Crippen LogP contribution >= 0.6 is 0 Å². The van der Waals surface area contributed by atoms with Gasteiger partial charge in [-0.3, -0.25) is 4.98 Å². The number of rotatable bonds is 4. The smallest absolute Gasteiger partial charge is 0.326 e. The molecule has 1 aromatic rings. The zero-order valence-corrected chi connectivity index (χ0v) is 8.60. The molecule has 80 valence electrons. The van der Waals surface area contributed by atoms with E-state index < -0.39 is 12.0 Å². The largest absolute Gasteiger partial charge is 0.480 e. The highest BCUT2D eigenvalue weighted by molar-refractivity contribution is 5.78. The second kappa shape index (κ2) is 3.88. The van der Waals surface area contributed by atoms with Gasteiger partial charge in [0.15, 0.2) is 0 Å². The number of anilines is 1. The number of carboxylic acid groups (broad SMARTS) is 1.